The molecule has 1 heterocycles. The van der Waals surface area contributed by atoms with Crippen molar-refractivity contribution in [2.24, 2.45) is 0 Å². The highest BCUT2D eigenvalue weighted by molar-refractivity contribution is 5.81. The zero-order valence-corrected chi connectivity index (χ0v) is 13.3. The molecule has 0 saturated heterocycles. The van der Waals surface area contributed by atoms with E-state index in [4.69, 9.17) is 4.42 Å². The number of carbonyl (C=O) groups excluding carboxylic acids is 1. The van der Waals surface area contributed by atoms with Crippen molar-refractivity contribution in [1.29, 1.82) is 0 Å². The Hall–Kier alpha value is -2.92. The number of oxazole rings is 1. The topological polar surface area (TPSA) is 75.4 Å². The fourth-order valence-corrected chi connectivity index (χ4v) is 2.29. The average molecular weight is 322 g/mol. The first kappa shape index (κ1) is 16.0. The molecule has 0 radical (unpaired) electrons. The summed E-state index contributed by atoms with van der Waals surface area (Å²) in [6.45, 7) is 2.14. The van der Waals surface area contributed by atoms with Crippen molar-refractivity contribution in [1.82, 2.24) is 10.3 Å². The van der Waals surface area contributed by atoms with Crippen LogP contribution in [0, 0.1) is 6.92 Å². The Kier molecular flexibility index (Phi) is 4.72. The lowest BCUT2D eigenvalue weighted by molar-refractivity contribution is -0.129. The number of hydrogen-bond acceptors (Lipinski definition) is 4. The van der Waals surface area contributed by atoms with Crippen LogP contribution in [0.3, 0.4) is 0 Å². The van der Waals surface area contributed by atoms with Gasteiger partial charge in [0.05, 0.1) is 12.7 Å². The van der Waals surface area contributed by atoms with E-state index in [9.17, 15) is 9.90 Å². The smallest absolute Gasteiger partial charge is 0.253 e. The zero-order chi connectivity index (χ0) is 16.9. The minimum absolute atomic E-state index is 0.120. The van der Waals surface area contributed by atoms with Gasteiger partial charge >= 0.3 is 0 Å². The van der Waals surface area contributed by atoms with Gasteiger partial charge in [-0.2, -0.15) is 0 Å². The number of nitrogens with zero attached hydrogens (tertiary/aromatic N) is 1. The second kappa shape index (κ2) is 7.10. The molecule has 3 rings (SSSR count). The van der Waals surface area contributed by atoms with E-state index in [0.29, 0.717) is 17.2 Å². The highest BCUT2D eigenvalue weighted by atomic mass is 16.4. The fourth-order valence-electron chi connectivity index (χ4n) is 2.29. The predicted octanol–water partition coefficient (Wildman–Crippen LogP) is 3.00. The highest BCUT2D eigenvalue weighted by Gasteiger charge is 2.17. The minimum atomic E-state index is -1.21. The average Bonchev–Trinajstić information content (AvgIpc) is 3.09. The van der Waals surface area contributed by atoms with Crippen molar-refractivity contribution in [3.8, 4) is 11.3 Å². The van der Waals surface area contributed by atoms with E-state index in [1.807, 2.05) is 37.3 Å². The molecule has 0 aliphatic heterocycles. The van der Waals surface area contributed by atoms with Gasteiger partial charge in [-0.1, -0.05) is 60.2 Å². The van der Waals surface area contributed by atoms with Crippen LogP contribution < -0.4 is 5.32 Å². The monoisotopic (exact) mass is 322 g/mol. The first-order valence-corrected chi connectivity index (χ1v) is 7.66. The molecule has 0 aliphatic rings. The molecule has 2 aromatic carbocycles. The van der Waals surface area contributed by atoms with Gasteiger partial charge < -0.3 is 14.8 Å². The van der Waals surface area contributed by atoms with Crippen molar-refractivity contribution in [3.63, 3.8) is 0 Å². The standard InChI is InChI=1S/C19H18N2O3/c1-13-7-9-14(10-8-13)16-11-20-17(24-16)12-21-19(23)18(22)15-5-3-2-4-6-15/h2-11,18,22H,12H2,1H3,(H,21,23)/t18-/m0/s1. The number of aromatic nitrogens is 1. The van der Waals surface area contributed by atoms with Gasteiger partial charge in [0.25, 0.3) is 5.91 Å². The SMILES string of the molecule is Cc1ccc(-c2cnc(CNC(=O)[C@@H](O)c3ccccc3)o2)cc1. The molecule has 122 valence electrons. The van der Waals surface area contributed by atoms with Gasteiger partial charge in [-0.25, -0.2) is 4.98 Å². The summed E-state index contributed by atoms with van der Waals surface area (Å²) in [6.07, 6.45) is 0.414. The maximum absolute atomic E-state index is 12.0. The fraction of sp³-hybridized carbons (Fsp3) is 0.158. The molecule has 24 heavy (non-hydrogen) atoms. The molecule has 1 atom stereocenters. The largest absolute Gasteiger partial charge is 0.439 e. The molecule has 1 aromatic heterocycles. The van der Waals surface area contributed by atoms with Gasteiger partial charge in [0.2, 0.25) is 5.89 Å². The third-order valence-corrected chi connectivity index (χ3v) is 3.67. The molecular formula is C19H18N2O3. The molecule has 0 spiro atoms. The van der Waals surface area contributed by atoms with Crippen LogP contribution in [-0.4, -0.2) is 16.0 Å². The summed E-state index contributed by atoms with van der Waals surface area (Å²) < 4.78 is 5.64. The van der Waals surface area contributed by atoms with E-state index in [0.717, 1.165) is 5.56 Å². The maximum Gasteiger partial charge on any atom is 0.253 e. The number of benzene rings is 2. The van der Waals surface area contributed by atoms with Gasteiger partial charge in [-0.05, 0) is 12.5 Å². The van der Waals surface area contributed by atoms with Crippen LogP contribution in [0.4, 0.5) is 0 Å². The summed E-state index contributed by atoms with van der Waals surface area (Å²) >= 11 is 0. The first-order valence-electron chi connectivity index (χ1n) is 7.66. The molecule has 0 bridgehead atoms. The number of carbonyl (C=O) groups is 1. The second-order valence-corrected chi connectivity index (χ2v) is 5.52. The zero-order valence-electron chi connectivity index (χ0n) is 13.3. The Balaban J connectivity index is 1.61. The van der Waals surface area contributed by atoms with E-state index in [2.05, 4.69) is 10.3 Å². The molecule has 5 nitrogen and oxygen atoms in total. The molecule has 5 heteroatoms. The van der Waals surface area contributed by atoms with E-state index in [-0.39, 0.29) is 6.54 Å². The summed E-state index contributed by atoms with van der Waals surface area (Å²) in [6, 6.07) is 16.7. The number of amides is 1. The van der Waals surface area contributed by atoms with Crippen molar-refractivity contribution in [2.45, 2.75) is 19.6 Å². The van der Waals surface area contributed by atoms with Gasteiger partial charge in [0.1, 0.15) is 0 Å². The van der Waals surface area contributed by atoms with Crippen LogP contribution >= 0.6 is 0 Å². The molecular weight excluding hydrogens is 304 g/mol. The van der Waals surface area contributed by atoms with Crippen LogP contribution in [0.25, 0.3) is 11.3 Å². The summed E-state index contributed by atoms with van der Waals surface area (Å²) in [5.74, 6) is 0.540. The summed E-state index contributed by atoms with van der Waals surface area (Å²) in [4.78, 5) is 16.2. The van der Waals surface area contributed by atoms with E-state index >= 15 is 0 Å². The molecule has 1 amide bonds. The van der Waals surface area contributed by atoms with Crippen molar-refractivity contribution >= 4 is 5.91 Å². The molecule has 3 aromatic rings. The predicted molar refractivity (Wildman–Crippen MR) is 89.9 cm³/mol. The van der Waals surface area contributed by atoms with Crippen LogP contribution in [0.2, 0.25) is 0 Å². The van der Waals surface area contributed by atoms with Crippen LogP contribution in [0.1, 0.15) is 23.1 Å². The van der Waals surface area contributed by atoms with Crippen molar-refractivity contribution in [2.75, 3.05) is 0 Å². The Morgan fingerprint density at radius 1 is 1.17 bits per heavy atom. The first-order chi connectivity index (χ1) is 11.6. The van der Waals surface area contributed by atoms with Gasteiger partial charge in [0.15, 0.2) is 11.9 Å². The normalized spacial score (nSPS) is 11.9. The lowest BCUT2D eigenvalue weighted by Gasteiger charge is -2.10. The third-order valence-electron chi connectivity index (χ3n) is 3.67. The van der Waals surface area contributed by atoms with Crippen molar-refractivity contribution < 1.29 is 14.3 Å². The Labute approximate surface area is 140 Å². The van der Waals surface area contributed by atoms with E-state index < -0.39 is 12.0 Å². The number of rotatable bonds is 5. The minimum Gasteiger partial charge on any atom is -0.439 e. The van der Waals surface area contributed by atoms with Gasteiger partial charge in [-0.3, -0.25) is 4.79 Å². The maximum atomic E-state index is 12.0. The third kappa shape index (κ3) is 3.70. The molecule has 0 fully saturated rings. The second-order valence-electron chi connectivity index (χ2n) is 5.52. The number of aliphatic hydroxyl groups is 1. The molecule has 2 N–H and O–H groups in total. The van der Waals surface area contributed by atoms with Gasteiger partial charge in [-0.15, -0.1) is 0 Å². The lowest BCUT2D eigenvalue weighted by atomic mass is 10.1. The van der Waals surface area contributed by atoms with Crippen LogP contribution in [0.15, 0.2) is 65.2 Å². The summed E-state index contributed by atoms with van der Waals surface area (Å²) in [7, 11) is 0. The molecule has 0 aliphatic carbocycles. The Bertz CT molecular complexity index is 810. The lowest BCUT2D eigenvalue weighted by Crippen LogP contribution is -2.28. The number of nitrogens with one attached hydrogen (secondary N) is 1. The highest BCUT2D eigenvalue weighted by Crippen LogP contribution is 2.20. The molecule has 0 saturated carbocycles. The number of aryl methyl sites for hydroxylation is 1. The van der Waals surface area contributed by atoms with Crippen LogP contribution in [0.5, 0.6) is 0 Å². The molecule has 0 unspecified atom stereocenters. The quantitative estimate of drug-likeness (QED) is 0.757. The Morgan fingerprint density at radius 3 is 2.58 bits per heavy atom. The Morgan fingerprint density at radius 2 is 1.88 bits per heavy atom. The van der Waals surface area contributed by atoms with E-state index in [1.165, 1.54) is 5.56 Å². The number of hydrogen-bond donors (Lipinski definition) is 2. The van der Waals surface area contributed by atoms with Crippen molar-refractivity contribution in [3.05, 3.63) is 77.8 Å². The summed E-state index contributed by atoms with van der Waals surface area (Å²) in [5.41, 5.74) is 2.64. The van der Waals surface area contributed by atoms with Gasteiger partial charge in [0, 0.05) is 5.56 Å². The van der Waals surface area contributed by atoms with Crippen LogP contribution in [-0.2, 0) is 11.3 Å². The number of aliphatic hydroxyl groups excluding tert-OH is 1. The van der Waals surface area contributed by atoms with E-state index in [1.54, 1.807) is 30.5 Å². The summed E-state index contributed by atoms with van der Waals surface area (Å²) in [5, 5.41) is 12.6.